The van der Waals surface area contributed by atoms with E-state index >= 15 is 0 Å². The minimum Gasteiger partial charge on any atom is -0.440 e. The van der Waals surface area contributed by atoms with E-state index in [1.165, 1.54) is 11.1 Å². The Morgan fingerprint density at radius 1 is 0.826 bits per heavy atom. The molecule has 0 radical (unpaired) electrons. The molecular weight excluding hydrogens is 350 g/mol. The number of benzene rings is 3. The maximum atomic E-state index is 5.87. The van der Waals surface area contributed by atoms with Gasteiger partial charge in [-0.05, 0) is 41.0 Å². The SMILES string of the molecule is Brc1ccc(Cc2nc3cc(-c4ccccc4)ccc3o2)cc1. The second kappa shape index (κ2) is 6.01. The summed E-state index contributed by atoms with van der Waals surface area (Å²) < 4.78 is 6.95. The topological polar surface area (TPSA) is 26.0 Å². The van der Waals surface area contributed by atoms with E-state index < -0.39 is 0 Å². The maximum Gasteiger partial charge on any atom is 0.199 e. The van der Waals surface area contributed by atoms with E-state index in [0.717, 1.165) is 27.0 Å². The molecule has 1 heterocycles. The molecule has 0 aliphatic rings. The van der Waals surface area contributed by atoms with Crippen LogP contribution in [0.5, 0.6) is 0 Å². The van der Waals surface area contributed by atoms with E-state index in [4.69, 9.17) is 4.42 Å². The third-order valence-electron chi connectivity index (χ3n) is 3.81. The number of aromatic nitrogens is 1. The molecule has 3 aromatic carbocycles. The first-order valence-electron chi connectivity index (χ1n) is 7.47. The summed E-state index contributed by atoms with van der Waals surface area (Å²) in [6.45, 7) is 0. The highest BCUT2D eigenvalue weighted by Crippen LogP contribution is 2.25. The second-order valence-electron chi connectivity index (χ2n) is 5.46. The Bertz CT molecular complexity index is 942. The lowest BCUT2D eigenvalue weighted by molar-refractivity contribution is 0.544. The van der Waals surface area contributed by atoms with Crippen molar-refractivity contribution < 1.29 is 4.42 Å². The summed E-state index contributed by atoms with van der Waals surface area (Å²) in [4.78, 5) is 4.64. The van der Waals surface area contributed by atoms with Crippen LogP contribution in [0.25, 0.3) is 22.2 Å². The normalized spacial score (nSPS) is 11.0. The Morgan fingerprint density at radius 3 is 2.39 bits per heavy atom. The van der Waals surface area contributed by atoms with Crippen molar-refractivity contribution in [2.45, 2.75) is 6.42 Å². The van der Waals surface area contributed by atoms with Gasteiger partial charge in [0.05, 0.1) is 0 Å². The van der Waals surface area contributed by atoms with Crippen LogP contribution in [0.3, 0.4) is 0 Å². The number of fused-ring (bicyclic) bond motifs is 1. The van der Waals surface area contributed by atoms with E-state index in [2.05, 4.69) is 57.3 Å². The Labute approximate surface area is 142 Å². The number of nitrogens with zero attached hydrogens (tertiary/aromatic N) is 1. The summed E-state index contributed by atoms with van der Waals surface area (Å²) in [5.41, 5.74) is 5.26. The summed E-state index contributed by atoms with van der Waals surface area (Å²) in [7, 11) is 0. The van der Waals surface area contributed by atoms with Crippen LogP contribution in [0.2, 0.25) is 0 Å². The standard InChI is InChI=1S/C20H14BrNO/c21-17-9-6-14(7-10-17)12-20-22-18-13-16(8-11-19(18)23-20)15-4-2-1-3-5-15/h1-11,13H,12H2. The van der Waals surface area contributed by atoms with Crippen LogP contribution in [0, 0.1) is 0 Å². The minimum absolute atomic E-state index is 0.697. The quantitative estimate of drug-likeness (QED) is 0.456. The zero-order chi connectivity index (χ0) is 15.6. The number of rotatable bonds is 3. The van der Waals surface area contributed by atoms with Gasteiger partial charge >= 0.3 is 0 Å². The van der Waals surface area contributed by atoms with Gasteiger partial charge in [-0.1, -0.05) is 64.5 Å². The second-order valence-corrected chi connectivity index (χ2v) is 6.38. The fourth-order valence-electron chi connectivity index (χ4n) is 2.64. The predicted molar refractivity (Wildman–Crippen MR) is 96.4 cm³/mol. The molecule has 2 nitrogen and oxygen atoms in total. The molecule has 0 amide bonds. The van der Waals surface area contributed by atoms with Gasteiger partial charge in [-0.2, -0.15) is 0 Å². The molecule has 4 rings (SSSR count). The van der Waals surface area contributed by atoms with Gasteiger partial charge < -0.3 is 4.42 Å². The smallest absolute Gasteiger partial charge is 0.199 e. The average molecular weight is 364 g/mol. The molecule has 3 heteroatoms. The monoisotopic (exact) mass is 363 g/mol. The molecule has 0 aliphatic carbocycles. The van der Waals surface area contributed by atoms with E-state index in [1.807, 2.05) is 36.4 Å². The molecule has 23 heavy (non-hydrogen) atoms. The number of halogens is 1. The molecule has 0 fully saturated rings. The Kier molecular flexibility index (Phi) is 3.72. The minimum atomic E-state index is 0.697. The van der Waals surface area contributed by atoms with E-state index in [1.54, 1.807) is 0 Å². The maximum absolute atomic E-state index is 5.87. The molecule has 0 atom stereocenters. The van der Waals surface area contributed by atoms with Gasteiger partial charge in [0.15, 0.2) is 11.5 Å². The Hall–Kier alpha value is -2.39. The van der Waals surface area contributed by atoms with Crippen molar-refractivity contribution in [1.29, 1.82) is 0 Å². The summed E-state index contributed by atoms with van der Waals surface area (Å²) >= 11 is 3.45. The van der Waals surface area contributed by atoms with Gasteiger partial charge in [-0.15, -0.1) is 0 Å². The molecule has 0 bridgehead atoms. The zero-order valence-electron chi connectivity index (χ0n) is 12.4. The van der Waals surface area contributed by atoms with Crippen LogP contribution in [-0.2, 0) is 6.42 Å². The van der Waals surface area contributed by atoms with Gasteiger partial charge in [0.2, 0.25) is 0 Å². The molecule has 0 N–H and O–H groups in total. The molecule has 0 saturated heterocycles. The van der Waals surface area contributed by atoms with Gasteiger partial charge in [-0.25, -0.2) is 4.98 Å². The van der Waals surface area contributed by atoms with Gasteiger partial charge in [-0.3, -0.25) is 0 Å². The highest BCUT2D eigenvalue weighted by atomic mass is 79.9. The van der Waals surface area contributed by atoms with Crippen molar-refractivity contribution in [3.63, 3.8) is 0 Å². The van der Waals surface area contributed by atoms with E-state index in [0.29, 0.717) is 6.42 Å². The number of hydrogen-bond donors (Lipinski definition) is 0. The molecule has 112 valence electrons. The zero-order valence-corrected chi connectivity index (χ0v) is 14.0. The van der Waals surface area contributed by atoms with Crippen LogP contribution in [0.4, 0.5) is 0 Å². The van der Waals surface area contributed by atoms with Crippen molar-refractivity contribution in [2.24, 2.45) is 0 Å². The lowest BCUT2D eigenvalue weighted by Crippen LogP contribution is -1.87. The lowest BCUT2D eigenvalue weighted by atomic mass is 10.1. The first kappa shape index (κ1) is 14.2. The molecule has 1 aromatic heterocycles. The van der Waals surface area contributed by atoms with Crippen LogP contribution in [0.15, 0.2) is 81.7 Å². The lowest BCUT2D eigenvalue weighted by Gasteiger charge is -1.99. The summed E-state index contributed by atoms with van der Waals surface area (Å²) in [5.74, 6) is 0.743. The number of oxazole rings is 1. The van der Waals surface area contributed by atoms with Crippen LogP contribution >= 0.6 is 15.9 Å². The van der Waals surface area contributed by atoms with Crippen LogP contribution in [-0.4, -0.2) is 4.98 Å². The third kappa shape index (κ3) is 3.06. The Balaban J connectivity index is 1.66. The Morgan fingerprint density at radius 2 is 1.61 bits per heavy atom. The van der Waals surface area contributed by atoms with Crippen LogP contribution in [0.1, 0.15) is 11.5 Å². The third-order valence-corrected chi connectivity index (χ3v) is 4.34. The molecule has 0 spiro atoms. The summed E-state index contributed by atoms with van der Waals surface area (Å²) in [5, 5.41) is 0. The van der Waals surface area contributed by atoms with Crippen molar-refractivity contribution in [1.82, 2.24) is 4.98 Å². The molecular formula is C20H14BrNO. The highest BCUT2D eigenvalue weighted by molar-refractivity contribution is 9.10. The fourth-order valence-corrected chi connectivity index (χ4v) is 2.90. The van der Waals surface area contributed by atoms with Gasteiger partial charge in [0.25, 0.3) is 0 Å². The van der Waals surface area contributed by atoms with Crippen molar-refractivity contribution in [3.8, 4) is 11.1 Å². The molecule has 4 aromatic rings. The molecule has 0 saturated carbocycles. The average Bonchev–Trinajstić information content (AvgIpc) is 2.99. The van der Waals surface area contributed by atoms with Crippen LogP contribution < -0.4 is 0 Å². The fraction of sp³-hybridized carbons (Fsp3) is 0.0500. The van der Waals surface area contributed by atoms with E-state index in [-0.39, 0.29) is 0 Å². The first-order chi connectivity index (χ1) is 11.3. The van der Waals surface area contributed by atoms with Crippen molar-refractivity contribution >= 4 is 27.0 Å². The summed E-state index contributed by atoms with van der Waals surface area (Å²) in [6, 6.07) is 24.7. The molecule has 0 unspecified atom stereocenters. The van der Waals surface area contributed by atoms with Gasteiger partial charge in [0, 0.05) is 10.9 Å². The number of hydrogen-bond acceptors (Lipinski definition) is 2. The van der Waals surface area contributed by atoms with E-state index in [9.17, 15) is 0 Å². The van der Waals surface area contributed by atoms with Gasteiger partial charge in [0.1, 0.15) is 5.52 Å². The first-order valence-corrected chi connectivity index (χ1v) is 8.26. The van der Waals surface area contributed by atoms with Crippen molar-refractivity contribution in [3.05, 3.63) is 88.7 Å². The van der Waals surface area contributed by atoms with Crippen molar-refractivity contribution in [2.75, 3.05) is 0 Å². The summed E-state index contributed by atoms with van der Waals surface area (Å²) in [6.07, 6.45) is 0.697. The predicted octanol–water partition coefficient (Wildman–Crippen LogP) is 5.85. The molecule has 0 aliphatic heterocycles. The largest absolute Gasteiger partial charge is 0.440 e. The highest BCUT2D eigenvalue weighted by Gasteiger charge is 2.08.